The van der Waals surface area contributed by atoms with Gasteiger partial charge in [-0.15, -0.1) is 0 Å². The summed E-state index contributed by atoms with van der Waals surface area (Å²) in [4.78, 5) is 21.4. The van der Waals surface area contributed by atoms with Crippen LogP contribution in [0, 0.1) is 17.3 Å². The summed E-state index contributed by atoms with van der Waals surface area (Å²) in [5, 5.41) is 0. The Morgan fingerprint density at radius 2 is 1.57 bits per heavy atom. The Balaban J connectivity index is 4.50. The molecule has 0 aromatic rings. The van der Waals surface area contributed by atoms with Crippen LogP contribution in [-0.2, 0) is 9.59 Å². The van der Waals surface area contributed by atoms with E-state index in [1.54, 1.807) is 0 Å². The Labute approximate surface area is 87.1 Å². The number of aldehydes is 2. The van der Waals surface area contributed by atoms with Crippen molar-refractivity contribution in [3.05, 3.63) is 0 Å². The van der Waals surface area contributed by atoms with Gasteiger partial charge < -0.3 is 9.59 Å². The average Bonchev–Trinajstić information content (AvgIpc) is 2.11. The molecule has 0 aromatic heterocycles. The Hall–Kier alpha value is -0.660. The second kappa shape index (κ2) is 5.94. The highest BCUT2D eigenvalue weighted by atomic mass is 16.1. The Bertz CT molecular complexity index is 175. The van der Waals surface area contributed by atoms with Gasteiger partial charge in [0.1, 0.15) is 12.6 Å². The summed E-state index contributed by atoms with van der Waals surface area (Å²) in [5.41, 5.74) is -0.247. The van der Waals surface area contributed by atoms with Gasteiger partial charge in [-0.05, 0) is 24.7 Å². The van der Waals surface area contributed by atoms with E-state index in [-0.39, 0.29) is 5.41 Å². The molecule has 0 fully saturated rings. The van der Waals surface area contributed by atoms with E-state index in [0.29, 0.717) is 18.3 Å². The third kappa shape index (κ3) is 2.93. The van der Waals surface area contributed by atoms with Gasteiger partial charge in [-0.2, -0.15) is 0 Å². The molecule has 0 spiro atoms. The topological polar surface area (TPSA) is 34.1 Å². The second-order valence-electron chi connectivity index (χ2n) is 4.60. The molecule has 0 saturated heterocycles. The maximum absolute atomic E-state index is 11.2. The molecule has 2 heteroatoms. The largest absolute Gasteiger partial charge is 0.303 e. The van der Waals surface area contributed by atoms with Gasteiger partial charge in [0.25, 0.3) is 0 Å². The standard InChI is InChI=1S/C12H22O2/c1-10(2)12(9-14,11(3)4)7-5-6-8-13/h8-11H,5-7H2,1-4H3. The lowest BCUT2D eigenvalue weighted by Gasteiger charge is -2.36. The zero-order chi connectivity index (χ0) is 11.2. The second-order valence-corrected chi connectivity index (χ2v) is 4.60. The first-order valence-corrected chi connectivity index (χ1v) is 5.41. The van der Waals surface area contributed by atoms with Crippen molar-refractivity contribution in [2.45, 2.75) is 47.0 Å². The Morgan fingerprint density at radius 1 is 1.07 bits per heavy atom. The molecule has 0 N–H and O–H groups in total. The Morgan fingerprint density at radius 3 is 1.86 bits per heavy atom. The molecule has 0 aliphatic heterocycles. The van der Waals surface area contributed by atoms with E-state index in [4.69, 9.17) is 0 Å². The number of unbranched alkanes of at least 4 members (excludes halogenated alkanes) is 1. The third-order valence-corrected chi connectivity index (χ3v) is 3.30. The van der Waals surface area contributed by atoms with Crippen molar-refractivity contribution in [1.82, 2.24) is 0 Å². The quantitative estimate of drug-likeness (QED) is 0.465. The minimum Gasteiger partial charge on any atom is -0.303 e. The first kappa shape index (κ1) is 13.3. The molecule has 0 heterocycles. The van der Waals surface area contributed by atoms with E-state index in [1.165, 1.54) is 0 Å². The highest BCUT2D eigenvalue weighted by Crippen LogP contribution is 2.38. The Kier molecular flexibility index (Phi) is 5.66. The van der Waals surface area contributed by atoms with Gasteiger partial charge in [-0.1, -0.05) is 27.7 Å². The number of rotatable bonds is 7. The van der Waals surface area contributed by atoms with Crippen LogP contribution in [0.1, 0.15) is 47.0 Å². The molecular weight excluding hydrogens is 176 g/mol. The predicted octanol–water partition coefficient (Wildman–Crippen LogP) is 2.85. The summed E-state index contributed by atoms with van der Waals surface area (Å²) in [7, 11) is 0. The van der Waals surface area contributed by atoms with Crippen LogP contribution in [0.3, 0.4) is 0 Å². The van der Waals surface area contributed by atoms with Crippen molar-refractivity contribution in [2.24, 2.45) is 17.3 Å². The molecule has 0 aliphatic rings. The van der Waals surface area contributed by atoms with E-state index >= 15 is 0 Å². The van der Waals surface area contributed by atoms with Crippen molar-refractivity contribution in [1.29, 1.82) is 0 Å². The van der Waals surface area contributed by atoms with Gasteiger partial charge in [0, 0.05) is 11.8 Å². The fourth-order valence-electron chi connectivity index (χ4n) is 2.07. The summed E-state index contributed by atoms with van der Waals surface area (Å²) < 4.78 is 0. The summed E-state index contributed by atoms with van der Waals surface area (Å²) in [5.74, 6) is 0.679. The van der Waals surface area contributed by atoms with E-state index in [1.807, 2.05) is 0 Å². The number of hydrogen-bond acceptors (Lipinski definition) is 2. The molecule has 0 aliphatic carbocycles. The van der Waals surface area contributed by atoms with Crippen molar-refractivity contribution in [3.63, 3.8) is 0 Å². The van der Waals surface area contributed by atoms with Crippen LogP contribution >= 0.6 is 0 Å². The fraction of sp³-hybridized carbons (Fsp3) is 0.833. The number of carbonyl (C=O) groups excluding carboxylic acids is 2. The van der Waals surface area contributed by atoms with Crippen LogP contribution in [0.4, 0.5) is 0 Å². The zero-order valence-corrected chi connectivity index (χ0v) is 9.75. The van der Waals surface area contributed by atoms with E-state index in [2.05, 4.69) is 27.7 Å². The zero-order valence-electron chi connectivity index (χ0n) is 9.75. The molecule has 0 unspecified atom stereocenters. The van der Waals surface area contributed by atoms with E-state index < -0.39 is 0 Å². The average molecular weight is 198 g/mol. The van der Waals surface area contributed by atoms with E-state index in [9.17, 15) is 9.59 Å². The SMILES string of the molecule is CC(C)C(C=O)(CCCC=O)C(C)C. The monoisotopic (exact) mass is 198 g/mol. The molecule has 0 atom stereocenters. The number of carbonyl (C=O) groups is 2. The highest BCUT2D eigenvalue weighted by Gasteiger charge is 2.36. The third-order valence-electron chi connectivity index (χ3n) is 3.30. The summed E-state index contributed by atoms with van der Waals surface area (Å²) >= 11 is 0. The van der Waals surface area contributed by atoms with Crippen molar-refractivity contribution < 1.29 is 9.59 Å². The van der Waals surface area contributed by atoms with Crippen molar-refractivity contribution in [3.8, 4) is 0 Å². The maximum atomic E-state index is 11.2. The molecule has 0 aromatic carbocycles. The first-order chi connectivity index (χ1) is 6.51. The predicted molar refractivity (Wildman–Crippen MR) is 58.1 cm³/mol. The van der Waals surface area contributed by atoms with Crippen LogP contribution in [-0.4, -0.2) is 12.6 Å². The van der Waals surface area contributed by atoms with Gasteiger partial charge in [-0.25, -0.2) is 0 Å². The van der Waals surface area contributed by atoms with Gasteiger partial charge in [0.15, 0.2) is 0 Å². The summed E-state index contributed by atoms with van der Waals surface area (Å²) in [6.07, 6.45) is 4.22. The molecule has 82 valence electrons. The molecule has 0 saturated carbocycles. The lowest BCUT2D eigenvalue weighted by Crippen LogP contribution is -2.34. The normalized spacial score (nSPS) is 12.1. The molecule has 0 rings (SSSR count). The van der Waals surface area contributed by atoms with Crippen LogP contribution in [0.25, 0.3) is 0 Å². The van der Waals surface area contributed by atoms with Crippen LogP contribution < -0.4 is 0 Å². The first-order valence-electron chi connectivity index (χ1n) is 5.41. The lowest BCUT2D eigenvalue weighted by atomic mass is 9.67. The summed E-state index contributed by atoms with van der Waals surface area (Å²) in [6.45, 7) is 8.31. The smallest absolute Gasteiger partial charge is 0.126 e. The van der Waals surface area contributed by atoms with Crippen LogP contribution in [0.15, 0.2) is 0 Å². The van der Waals surface area contributed by atoms with Gasteiger partial charge in [-0.3, -0.25) is 0 Å². The van der Waals surface area contributed by atoms with Crippen molar-refractivity contribution >= 4 is 12.6 Å². The fourth-order valence-corrected chi connectivity index (χ4v) is 2.07. The molecular formula is C12H22O2. The molecule has 0 radical (unpaired) electrons. The maximum Gasteiger partial charge on any atom is 0.126 e. The highest BCUT2D eigenvalue weighted by molar-refractivity contribution is 5.60. The van der Waals surface area contributed by atoms with Crippen LogP contribution in [0.5, 0.6) is 0 Å². The summed E-state index contributed by atoms with van der Waals surface area (Å²) in [6, 6.07) is 0. The van der Waals surface area contributed by atoms with Crippen molar-refractivity contribution in [2.75, 3.05) is 0 Å². The minimum atomic E-state index is -0.247. The minimum absolute atomic E-state index is 0.247. The van der Waals surface area contributed by atoms with E-state index in [0.717, 1.165) is 25.4 Å². The number of hydrogen-bond donors (Lipinski definition) is 0. The molecule has 0 bridgehead atoms. The molecule has 2 nitrogen and oxygen atoms in total. The van der Waals surface area contributed by atoms with Gasteiger partial charge in [0.05, 0.1) is 0 Å². The van der Waals surface area contributed by atoms with Gasteiger partial charge >= 0.3 is 0 Å². The molecule has 14 heavy (non-hydrogen) atoms. The lowest BCUT2D eigenvalue weighted by molar-refractivity contribution is -0.122. The molecule has 0 amide bonds. The van der Waals surface area contributed by atoms with Gasteiger partial charge in [0.2, 0.25) is 0 Å². The van der Waals surface area contributed by atoms with Crippen LogP contribution in [0.2, 0.25) is 0 Å².